The molecule has 0 aliphatic rings. The number of methoxy groups -OCH3 is 2. The Kier molecular flexibility index (Phi) is 6.00. The minimum Gasteiger partial charge on any atom is -0.497 e. The molecule has 27 heavy (non-hydrogen) atoms. The van der Waals surface area contributed by atoms with Gasteiger partial charge in [0.2, 0.25) is 11.0 Å². The zero-order valence-corrected chi connectivity index (χ0v) is 16.1. The van der Waals surface area contributed by atoms with Crippen LogP contribution < -0.4 is 15.0 Å². The maximum absolute atomic E-state index is 11.6. The molecule has 0 aliphatic heterocycles. The number of benzene rings is 2. The van der Waals surface area contributed by atoms with Crippen molar-refractivity contribution in [3.63, 3.8) is 0 Å². The van der Waals surface area contributed by atoms with Gasteiger partial charge >= 0.3 is 0 Å². The second kappa shape index (κ2) is 8.61. The summed E-state index contributed by atoms with van der Waals surface area (Å²) in [5, 5.41) is 12.9. The van der Waals surface area contributed by atoms with Crippen molar-refractivity contribution in [3.05, 3.63) is 48.5 Å². The summed E-state index contributed by atoms with van der Waals surface area (Å²) in [7, 11) is 5.07. The lowest BCUT2D eigenvalue weighted by Crippen LogP contribution is -2.16. The number of ether oxygens (including phenoxy) is 2. The van der Waals surface area contributed by atoms with Gasteiger partial charge in [0.05, 0.1) is 7.11 Å². The molecule has 0 saturated carbocycles. The van der Waals surface area contributed by atoms with Crippen LogP contribution in [0.5, 0.6) is 5.75 Å². The predicted octanol–water partition coefficient (Wildman–Crippen LogP) is 3.57. The Morgan fingerprint density at radius 2 is 1.78 bits per heavy atom. The smallest absolute Gasteiger partial charge is 0.250 e. The summed E-state index contributed by atoms with van der Waals surface area (Å²) in [4.78, 5) is 13.5. The molecule has 8 heteroatoms. The highest BCUT2D eigenvalue weighted by atomic mass is 32.1. The molecule has 0 saturated heterocycles. The summed E-state index contributed by atoms with van der Waals surface area (Å²) < 4.78 is 9.99. The van der Waals surface area contributed by atoms with Gasteiger partial charge in [0.25, 0.3) is 0 Å². The normalized spacial score (nSPS) is 10.5. The van der Waals surface area contributed by atoms with E-state index < -0.39 is 0 Å². The van der Waals surface area contributed by atoms with E-state index in [9.17, 15) is 4.79 Å². The molecule has 1 amide bonds. The number of carbonyl (C=O) groups excluding carboxylic acids is 1. The summed E-state index contributed by atoms with van der Waals surface area (Å²) in [5.74, 6) is 0.618. The van der Waals surface area contributed by atoms with Crippen LogP contribution in [0.4, 0.5) is 16.5 Å². The van der Waals surface area contributed by atoms with E-state index in [2.05, 4.69) is 15.5 Å². The van der Waals surface area contributed by atoms with Gasteiger partial charge in [-0.25, -0.2) is 0 Å². The van der Waals surface area contributed by atoms with Gasteiger partial charge in [0.15, 0.2) is 0 Å². The fourth-order valence-electron chi connectivity index (χ4n) is 2.41. The van der Waals surface area contributed by atoms with Crippen molar-refractivity contribution >= 4 is 33.8 Å². The molecule has 0 radical (unpaired) electrons. The van der Waals surface area contributed by atoms with Crippen molar-refractivity contribution < 1.29 is 14.3 Å². The lowest BCUT2D eigenvalue weighted by atomic mass is 10.2. The van der Waals surface area contributed by atoms with E-state index >= 15 is 0 Å². The van der Waals surface area contributed by atoms with Gasteiger partial charge in [-0.2, -0.15) is 0 Å². The average Bonchev–Trinajstić information content (AvgIpc) is 3.18. The molecule has 1 N–H and O–H groups in total. The highest BCUT2D eigenvalue weighted by Gasteiger charge is 2.12. The summed E-state index contributed by atoms with van der Waals surface area (Å²) in [6.45, 7) is 0.0270. The van der Waals surface area contributed by atoms with Crippen molar-refractivity contribution in [3.8, 4) is 16.3 Å². The first-order valence-corrected chi connectivity index (χ1v) is 9.03. The number of amides is 1. The summed E-state index contributed by atoms with van der Waals surface area (Å²) >= 11 is 1.49. The summed E-state index contributed by atoms with van der Waals surface area (Å²) in [6, 6.07) is 15.2. The van der Waals surface area contributed by atoms with Crippen LogP contribution in [-0.2, 0) is 9.53 Å². The molecule has 0 fully saturated rings. The third kappa shape index (κ3) is 4.60. The van der Waals surface area contributed by atoms with Crippen LogP contribution in [-0.4, -0.2) is 44.0 Å². The Labute approximate surface area is 161 Å². The van der Waals surface area contributed by atoms with Crippen LogP contribution in [0.2, 0.25) is 0 Å². The number of anilines is 3. The minimum absolute atomic E-state index is 0.0270. The first-order valence-electron chi connectivity index (χ1n) is 8.21. The van der Waals surface area contributed by atoms with E-state index in [1.165, 1.54) is 18.4 Å². The molecule has 0 unspecified atom stereocenters. The third-order valence-electron chi connectivity index (χ3n) is 3.85. The molecule has 3 aromatic rings. The molecular formula is C19H20N4O3S. The van der Waals surface area contributed by atoms with E-state index in [1.54, 1.807) is 7.11 Å². The standard InChI is InChI=1S/C19H20N4O3S/c1-23(15-8-10-16(26-3)11-9-15)19-22-21-18(27-19)13-4-6-14(7-5-13)20-17(24)12-25-2/h4-11H,12H2,1-3H3,(H,20,24). The molecule has 1 heterocycles. The minimum atomic E-state index is -0.190. The van der Waals surface area contributed by atoms with Gasteiger partial charge in [0, 0.05) is 31.1 Å². The zero-order chi connectivity index (χ0) is 19.2. The fourth-order valence-corrected chi connectivity index (χ4v) is 3.24. The largest absolute Gasteiger partial charge is 0.497 e. The predicted molar refractivity (Wildman–Crippen MR) is 107 cm³/mol. The van der Waals surface area contributed by atoms with Gasteiger partial charge in [0.1, 0.15) is 17.4 Å². The van der Waals surface area contributed by atoms with E-state index in [0.717, 1.165) is 27.1 Å². The van der Waals surface area contributed by atoms with Crippen LogP contribution in [0.15, 0.2) is 48.5 Å². The van der Waals surface area contributed by atoms with Crippen molar-refractivity contribution in [1.82, 2.24) is 10.2 Å². The summed E-state index contributed by atoms with van der Waals surface area (Å²) in [5.41, 5.74) is 2.64. The van der Waals surface area contributed by atoms with Gasteiger partial charge in [-0.15, -0.1) is 10.2 Å². The molecule has 3 rings (SSSR count). The Morgan fingerprint density at radius 1 is 1.07 bits per heavy atom. The lowest BCUT2D eigenvalue weighted by Gasteiger charge is -2.15. The maximum atomic E-state index is 11.6. The molecule has 2 aromatic carbocycles. The third-order valence-corrected chi connectivity index (χ3v) is 4.90. The molecule has 0 aliphatic carbocycles. The number of rotatable bonds is 7. The topological polar surface area (TPSA) is 76.6 Å². The molecule has 0 bridgehead atoms. The SMILES string of the molecule is COCC(=O)Nc1ccc(-c2nnc(N(C)c3ccc(OC)cc3)s2)cc1. The Morgan fingerprint density at radius 3 is 2.41 bits per heavy atom. The van der Waals surface area contributed by atoms with E-state index in [4.69, 9.17) is 9.47 Å². The zero-order valence-electron chi connectivity index (χ0n) is 15.3. The van der Waals surface area contributed by atoms with Gasteiger partial charge in [-0.1, -0.05) is 11.3 Å². The molecule has 140 valence electrons. The highest BCUT2D eigenvalue weighted by molar-refractivity contribution is 7.18. The lowest BCUT2D eigenvalue weighted by molar-refractivity contribution is -0.119. The Hall–Kier alpha value is -2.97. The number of nitrogens with zero attached hydrogens (tertiary/aromatic N) is 3. The molecule has 0 atom stereocenters. The maximum Gasteiger partial charge on any atom is 0.250 e. The summed E-state index contributed by atoms with van der Waals surface area (Å²) in [6.07, 6.45) is 0. The molecule has 1 aromatic heterocycles. The van der Waals surface area contributed by atoms with Crippen LogP contribution >= 0.6 is 11.3 Å². The molecule has 0 spiro atoms. The second-order valence-corrected chi connectivity index (χ2v) is 6.66. The van der Waals surface area contributed by atoms with Crippen LogP contribution in [0.25, 0.3) is 10.6 Å². The first kappa shape index (κ1) is 18.8. The number of carbonyl (C=O) groups is 1. The molecular weight excluding hydrogens is 364 g/mol. The quantitative estimate of drug-likeness (QED) is 0.671. The van der Waals surface area contributed by atoms with E-state index in [-0.39, 0.29) is 12.5 Å². The van der Waals surface area contributed by atoms with Crippen LogP contribution in [0.1, 0.15) is 0 Å². The van der Waals surface area contributed by atoms with Gasteiger partial charge in [-0.05, 0) is 48.5 Å². The van der Waals surface area contributed by atoms with Crippen molar-refractivity contribution in [2.75, 3.05) is 38.1 Å². The van der Waals surface area contributed by atoms with E-state index in [0.29, 0.717) is 5.69 Å². The Bertz CT molecular complexity index is 894. The second-order valence-electron chi connectivity index (χ2n) is 5.71. The van der Waals surface area contributed by atoms with E-state index in [1.807, 2.05) is 60.5 Å². The monoisotopic (exact) mass is 384 g/mol. The highest BCUT2D eigenvalue weighted by Crippen LogP contribution is 2.32. The van der Waals surface area contributed by atoms with Crippen molar-refractivity contribution in [1.29, 1.82) is 0 Å². The van der Waals surface area contributed by atoms with Gasteiger partial charge in [-0.3, -0.25) is 4.79 Å². The van der Waals surface area contributed by atoms with Gasteiger partial charge < -0.3 is 19.7 Å². The number of hydrogen-bond donors (Lipinski definition) is 1. The number of hydrogen-bond acceptors (Lipinski definition) is 7. The fraction of sp³-hybridized carbons (Fsp3) is 0.211. The number of nitrogens with one attached hydrogen (secondary N) is 1. The van der Waals surface area contributed by atoms with Crippen molar-refractivity contribution in [2.45, 2.75) is 0 Å². The van der Waals surface area contributed by atoms with Crippen LogP contribution in [0.3, 0.4) is 0 Å². The number of aromatic nitrogens is 2. The van der Waals surface area contributed by atoms with Crippen molar-refractivity contribution in [2.24, 2.45) is 0 Å². The van der Waals surface area contributed by atoms with Crippen LogP contribution in [0, 0.1) is 0 Å². The molecule has 7 nitrogen and oxygen atoms in total. The average molecular weight is 384 g/mol. The Balaban J connectivity index is 1.71. The first-order chi connectivity index (χ1) is 13.1.